The second-order valence-corrected chi connectivity index (χ2v) is 3.61. The third-order valence-corrected chi connectivity index (χ3v) is 2.20. The Morgan fingerprint density at radius 2 is 2.06 bits per heavy atom. The standard InChI is InChI=1S/C11H15F3N2O/c1-8-9(15)3-2-4-10(8)16-5-6-17-7-11(12,13)14/h2-4,16H,5-7,15H2,1H3. The van der Waals surface area contributed by atoms with Crippen molar-refractivity contribution >= 4 is 11.4 Å². The number of hydrogen-bond donors (Lipinski definition) is 2. The third-order valence-electron chi connectivity index (χ3n) is 2.20. The Bertz CT molecular complexity index is 366. The van der Waals surface area contributed by atoms with Crippen LogP contribution in [0.25, 0.3) is 0 Å². The fraction of sp³-hybridized carbons (Fsp3) is 0.455. The van der Waals surface area contributed by atoms with E-state index < -0.39 is 12.8 Å². The molecule has 0 spiro atoms. The summed E-state index contributed by atoms with van der Waals surface area (Å²) in [6, 6.07) is 5.36. The molecule has 0 aromatic heterocycles. The highest BCUT2D eigenvalue weighted by atomic mass is 19.4. The lowest BCUT2D eigenvalue weighted by atomic mass is 10.1. The molecule has 1 aromatic carbocycles. The Morgan fingerprint density at radius 3 is 2.71 bits per heavy atom. The molecule has 0 bridgehead atoms. The molecule has 0 amide bonds. The molecule has 6 heteroatoms. The molecule has 1 rings (SSSR count). The van der Waals surface area contributed by atoms with Crippen LogP contribution in [0.4, 0.5) is 24.5 Å². The topological polar surface area (TPSA) is 47.3 Å². The summed E-state index contributed by atoms with van der Waals surface area (Å²) in [6.45, 7) is 0.924. The molecule has 1 aromatic rings. The van der Waals surface area contributed by atoms with Crippen molar-refractivity contribution in [3.8, 4) is 0 Å². The van der Waals surface area contributed by atoms with Gasteiger partial charge in [0.25, 0.3) is 0 Å². The lowest BCUT2D eigenvalue weighted by Crippen LogP contribution is -2.20. The number of nitrogens with one attached hydrogen (secondary N) is 1. The molecule has 0 heterocycles. The van der Waals surface area contributed by atoms with Crippen LogP contribution in [0, 0.1) is 6.92 Å². The molecule has 17 heavy (non-hydrogen) atoms. The van der Waals surface area contributed by atoms with Crippen LogP contribution in [0.2, 0.25) is 0 Å². The normalized spacial score (nSPS) is 11.5. The maximum absolute atomic E-state index is 11.8. The number of rotatable bonds is 5. The molecule has 3 N–H and O–H groups in total. The van der Waals surface area contributed by atoms with E-state index in [2.05, 4.69) is 10.1 Å². The van der Waals surface area contributed by atoms with Crippen molar-refractivity contribution in [3.05, 3.63) is 23.8 Å². The first-order valence-corrected chi connectivity index (χ1v) is 5.13. The highest BCUT2D eigenvalue weighted by molar-refractivity contribution is 5.62. The molecule has 0 atom stereocenters. The zero-order chi connectivity index (χ0) is 12.9. The van der Waals surface area contributed by atoms with Gasteiger partial charge in [-0.3, -0.25) is 0 Å². The van der Waals surface area contributed by atoms with E-state index in [0.29, 0.717) is 12.2 Å². The van der Waals surface area contributed by atoms with Crippen molar-refractivity contribution in [2.24, 2.45) is 0 Å². The van der Waals surface area contributed by atoms with Gasteiger partial charge in [0.15, 0.2) is 0 Å². The summed E-state index contributed by atoms with van der Waals surface area (Å²) < 4.78 is 39.8. The highest BCUT2D eigenvalue weighted by Gasteiger charge is 2.27. The fourth-order valence-electron chi connectivity index (χ4n) is 1.29. The molecule has 0 aliphatic rings. The van der Waals surface area contributed by atoms with E-state index in [1.54, 1.807) is 12.1 Å². The van der Waals surface area contributed by atoms with Gasteiger partial charge in [0, 0.05) is 17.9 Å². The Morgan fingerprint density at radius 1 is 1.35 bits per heavy atom. The van der Waals surface area contributed by atoms with Crippen molar-refractivity contribution in [2.75, 3.05) is 30.8 Å². The van der Waals surface area contributed by atoms with Gasteiger partial charge in [-0.1, -0.05) is 6.07 Å². The molecule has 3 nitrogen and oxygen atoms in total. The molecule has 0 saturated carbocycles. The Hall–Kier alpha value is -1.43. The number of halogens is 3. The first-order chi connectivity index (χ1) is 7.90. The number of anilines is 2. The maximum Gasteiger partial charge on any atom is 0.411 e. The van der Waals surface area contributed by atoms with Gasteiger partial charge in [-0.05, 0) is 24.6 Å². The highest BCUT2D eigenvalue weighted by Crippen LogP contribution is 2.20. The molecule has 0 aliphatic carbocycles. The second kappa shape index (κ2) is 5.77. The zero-order valence-corrected chi connectivity index (χ0v) is 9.47. The van der Waals surface area contributed by atoms with Crippen molar-refractivity contribution in [1.82, 2.24) is 0 Å². The van der Waals surface area contributed by atoms with Crippen LogP contribution in [0.1, 0.15) is 5.56 Å². The summed E-state index contributed by atoms with van der Waals surface area (Å²) in [5.41, 5.74) is 8.02. The van der Waals surface area contributed by atoms with Crippen molar-refractivity contribution in [3.63, 3.8) is 0 Å². The molecule has 0 radical (unpaired) electrons. The monoisotopic (exact) mass is 248 g/mol. The van der Waals surface area contributed by atoms with E-state index in [4.69, 9.17) is 5.73 Å². The van der Waals surface area contributed by atoms with Crippen LogP contribution in [0.5, 0.6) is 0 Å². The van der Waals surface area contributed by atoms with Crippen LogP contribution in [0.15, 0.2) is 18.2 Å². The number of ether oxygens (including phenoxy) is 1. The summed E-state index contributed by atoms with van der Waals surface area (Å²) >= 11 is 0. The Kier molecular flexibility index (Phi) is 4.62. The van der Waals surface area contributed by atoms with Crippen LogP contribution < -0.4 is 11.1 Å². The molecule has 0 unspecified atom stereocenters. The van der Waals surface area contributed by atoms with Gasteiger partial charge in [0.2, 0.25) is 0 Å². The predicted molar refractivity (Wildman–Crippen MR) is 61.0 cm³/mol. The van der Waals surface area contributed by atoms with E-state index in [1.165, 1.54) is 0 Å². The molecule has 0 saturated heterocycles. The van der Waals surface area contributed by atoms with Crippen LogP contribution in [-0.2, 0) is 4.74 Å². The van der Waals surface area contributed by atoms with E-state index in [-0.39, 0.29) is 6.61 Å². The number of benzene rings is 1. The summed E-state index contributed by atoms with van der Waals surface area (Å²) in [7, 11) is 0. The minimum atomic E-state index is -4.27. The number of nitrogens with two attached hydrogens (primary N) is 1. The smallest absolute Gasteiger partial charge is 0.398 e. The lowest BCUT2D eigenvalue weighted by Gasteiger charge is -2.12. The predicted octanol–water partition coefficient (Wildman–Crippen LogP) is 2.57. The largest absolute Gasteiger partial charge is 0.411 e. The summed E-state index contributed by atoms with van der Waals surface area (Å²) in [5, 5.41) is 2.97. The minimum Gasteiger partial charge on any atom is -0.398 e. The van der Waals surface area contributed by atoms with Gasteiger partial charge in [0.1, 0.15) is 6.61 Å². The van der Waals surface area contributed by atoms with E-state index in [9.17, 15) is 13.2 Å². The van der Waals surface area contributed by atoms with Gasteiger partial charge in [-0.15, -0.1) is 0 Å². The molecule has 0 aliphatic heterocycles. The summed E-state index contributed by atoms with van der Waals surface area (Å²) in [5.74, 6) is 0. The van der Waals surface area contributed by atoms with Crippen LogP contribution in [-0.4, -0.2) is 25.9 Å². The Labute approximate surface area is 97.8 Å². The van der Waals surface area contributed by atoms with Crippen LogP contribution in [0.3, 0.4) is 0 Å². The number of nitrogen functional groups attached to an aromatic ring is 1. The quantitative estimate of drug-likeness (QED) is 0.622. The van der Waals surface area contributed by atoms with Crippen molar-refractivity contribution in [2.45, 2.75) is 13.1 Å². The average Bonchev–Trinajstić information content (AvgIpc) is 2.22. The molecular formula is C11H15F3N2O. The van der Waals surface area contributed by atoms with E-state index >= 15 is 0 Å². The average molecular weight is 248 g/mol. The second-order valence-electron chi connectivity index (χ2n) is 3.61. The summed E-state index contributed by atoms with van der Waals surface area (Å²) in [6.07, 6.45) is -4.27. The van der Waals surface area contributed by atoms with Gasteiger partial charge in [0.05, 0.1) is 6.61 Å². The Balaban J connectivity index is 2.29. The number of hydrogen-bond acceptors (Lipinski definition) is 3. The van der Waals surface area contributed by atoms with Crippen LogP contribution >= 0.6 is 0 Å². The molecule has 0 fully saturated rings. The SMILES string of the molecule is Cc1c(N)cccc1NCCOCC(F)(F)F. The lowest BCUT2D eigenvalue weighted by molar-refractivity contribution is -0.172. The zero-order valence-electron chi connectivity index (χ0n) is 9.47. The number of alkyl halides is 3. The minimum absolute atomic E-state index is 0.00620. The van der Waals surface area contributed by atoms with Crippen molar-refractivity contribution < 1.29 is 17.9 Å². The molecule has 96 valence electrons. The van der Waals surface area contributed by atoms with E-state index in [1.807, 2.05) is 13.0 Å². The maximum atomic E-state index is 11.8. The third kappa shape index (κ3) is 4.95. The van der Waals surface area contributed by atoms with Crippen molar-refractivity contribution in [1.29, 1.82) is 0 Å². The molecular weight excluding hydrogens is 233 g/mol. The van der Waals surface area contributed by atoms with Gasteiger partial charge in [-0.2, -0.15) is 13.2 Å². The summed E-state index contributed by atoms with van der Waals surface area (Å²) in [4.78, 5) is 0. The first kappa shape index (κ1) is 13.6. The fourth-order valence-corrected chi connectivity index (χ4v) is 1.29. The first-order valence-electron chi connectivity index (χ1n) is 5.13. The van der Waals surface area contributed by atoms with E-state index in [0.717, 1.165) is 11.3 Å². The van der Waals surface area contributed by atoms with Gasteiger partial charge >= 0.3 is 6.18 Å². The van der Waals surface area contributed by atoms with Gasteiger partial charge < -0.3 is 15.8 Å². The van der Waals surface area contributed by atoms with Gasteiger partial charge in [-0.25, -0.2) is 0 Å².